The largest absolute Gasteiger partial charge is 0.461 e. The fourth-order valence-corrected chi connectivity index (χ4v) is 3.80. The molecule has 5 rings (SSSR count). The number of carbonyl (C=O) groups is 2. The Kier molecular flexibility index (Phi) is 6.86. The number of aromatic nitrogens is 3. The normalized spacial score (nSPS) is 10.9. The van der Waals surface area contributed by atoms with Crippen LogP contribution in [0.15, 0.2) is 73.9 Å². The van der Waals surface area contributed by atoms with Gasteiger partial charge in [0.25, 0.3) is 11.8 Å². The molecule has 192 valence electrons. The number of benzene rings is 2. The first kappa shape index (κ1) is 24.7. The predicted molar refractivity (Wildman–Crippen MR) is 135 cm³/mol. The molecule has 0 unspecified atom stereocenters. The molecule has 0 bridgehead atoms. The first-order valence-electron chi connectivity index (χ1n) is 11.9. The predicted octanol–water partition coefficient (Wildman–Crippen LogP) is 5.98. The van der Waals surface area contributed by atoms with Crippen LogP contribution in [0.2, 0.25) is 0 Å². The lowest BCUT2D eigenvalue weighted by Crippen LogP contribution is -2.06. The molecule has 0 atom stereocenters. The molecule has 0 aliphatic heterocycles. The maximum atomic E-state index is 12.7. The van der Waals surface area contributed by atoms with Crippen LogP contribution in [0.1, 0.15) is 40.7 Å². The number of hydrogen-bond donors (Lipinski definition) is 0. The van der Waals surface area contributed by atoms with Crippen LogP contribution in [0, 0.1) is 6.92 Å². The molecule has 0 amide bonds. The van der Waals surface area contributed by atoms with Gasteiger partial charge in [-0.25, -0.2) is 14.6 Å². The molecule has 3 aromatic heterocycles. The Morgan fingerprint density at radius 3 is 1.63 bits per heavy atom. The molecule has 0 radical (unpaired) electrons. The maximum Gasteiger partial charge on any atom is 0.361 e. The second kappa shape index (κ2) is 10.6. The van der Waals surface area contributed by atoms with Gasteiger partial charge in [0.05, 0.1) is 13.2 Å². The number of rotatable bonds is 8. The van der Waals surface area contributed by atoms with Crippen molar-refractivity contribution in [2.24, 2.45) is 0 Å². The van der Waals surface area contributed by atoms with Crippen molar-refractivity contribution in [1.29, 1.82) is 0 Å². The van der Waals surface area contributed by atoms with Crippen LogP contribution in [0.4, 0.5) is 0 Å². The van der Waals surface area contributed by atoms with E-state index in [0.29, 0.717) is 11.1 Å². The van der Waals surface area contributed by atoms with E-state index in [-0.39, 0.29) is 65.2 Å². The highest BCUT2D eigenvalue weighted by molar-refractivity contribution is 5.95. The Labute approximate surface area is 217 Å². The van der Waals surface area contributed by atoms with Crippen molar-refractivity contribution in [3.63, 3.8) is 0 Å². The first-order valence-corrected chi connectivity index (χ1v) is 11.9. The second-order valence-electron chi connectivity index (χ2n) is 7.98. The van der Waals surface area contributed by atoms with Crippen molar-refractivity contribution in [3.05, 3.63) is 77.9 Å². The van der Waals surface area contributed by atoms with E-state index in [1.807, 2.05) is 36.4 Å². The van der Waals surface area contributed by atoms with Gasteiger partial charge < -0.3 is 22.7 Å². The Morgan fingerprint density at radius 2 is 1.13 bits per heavy atom. The summed E-state index contributed by atoms with van der Waals surface area (Å²) in [5, 5.41) is 0. The van der Waals surface area contributed by atoms with Crippen LogP contribution < -0.4 is 0 Å². The number of nitrogens with zero attached hydrogens (tertiary/aromatic N) is 3. The molecule has 10 nitrogen and oxygen atoms in total. The van der Waals surface area contributed by atoms with Crippen molar-refractivity contribution >= 4 is 11.9 Å². The summed E-state index contributed by atoms with van der Waals surface area (Å²) in [5.74, 6) is -0.549. The summed E-state index contributed by atoms with van der Waals surface area (Å²) in [7, 11) is 0. The van der Waals surface area contributed by atoms with Gasteiger partial charge in [0, 0.05) is 18.1 Å². The fourth-order valence-electron chi connectivity index (χ4n) is 3.80. The Morgan fingerprint density at radius 1 is 0.658 bits per heavy atom. The van der Waals surface area contributed by atoms with Gasteiger partial charge >= 0.3 is 11.9 Å². The Hall–Kier alpha value is -4.99. The summed E-state index contributed by atoms with van der Waals surface area (Å²) < 4.78 is 28.3. The smallest absolute Gasteiger partial charge is 0.361 e. The number of oxazole rings is 3. The third kappa shape index (κ3) is 4.71. The zero-order valence-electron chi connectivity index (χ0n) is 20.9. The molecule has 0 saturated heterocycles. The van der Waals surface area contributed by atoms with E-state index >= 15 is 0 Å². The summed E-state index contributed by atoms with van der Waals surface area (Å²) in [4.78, 5) is 38.6. The van der Waals surface area contributed by atoms with Crippen LogP contribution in [0.3, 0.4) is 0 Å². The molecule has 0 N–H and O–H groups in total. The van der Waals surface area contributed by atoms with Gasteiger partial charge in [-0.15, -0.1) is 0 Å². The van der Waals surface area contributed by atoms with Gasteiger partial charge in [0.1, 0.15) is 0 Å². The van der Waals surface area contributed by atoms with E-state index in [9.17, 15) is 9.59 Å². The van der Waals surface area contributed by atoms with Crippen LogP contribution in [-0.2, 0) is 9.47 Å². The van der Waals surface area contributed by atoms with Gasteiger partial charge in [-0.2, -0.15) is 9.97 Å². The molecule has 0 fully saturated rings. The fraction of sp³-hybridized carbons (Fsp3) is 0.179. The summed E-state index contributed by atoms with van der Waals surface area (Å²) in [6.07, 6.45) is 0. The molecule has 0 aliphatic carbocycles. The van der Waals surface area contributed by atoms with E-state index in [2.05, 4.69) is 15.0 Å². The molecule has 10 heteroatoms. The lowest BCUT2D eigenvalue weighted by molar-refractivity contribution is 0.0511. The highest BCUT2D eigenvalue weighted by atomic mass is 16.5. The zero-order chi connectivity index (χ0) is 26.6. The van der Waals surface area contributed by atoms with Crippen molar-refractivity contribution < 1.29 is 32.3 Å². The number of carbonyl (C=O) groups excluding carboxylic acids is 2. The number of aryl methyl sites for hydroxylation is 1. The highest BCUT2D eigenvalue weighted by Crippen LogP contribution is 2.38. The van der Waals surface area contributed by atoms with Crippen LogP contribution in [0.5, 0.6) is 0 Å². The third-order valence-electron chi connectivity index (χ3n) is 5.39. The van der Waals surface area contributed by atoms with Crippen LogP contribution in [-0.4, -0.2) is 40.1 Å². The minimum Gasteiger partial charge on any atom is -0.461 e. The number of hydrogen-bond acceptors (Lipinski definition) is 10. The molecule has 2 aromatic carbocycles. The highest BCUT2D eigenvalue weighted by Gasteiger charge is 2.31. The summed E-state index contributed by atoms with van der Waals surface area (Å²) in [6.45, 7) is 5.37. The monoisotopic (exact) mass is 513 g/mol. The van der Waals surface area contributed by atoms with Gasteiger partial charge in [0.2, 0.25) is 5.76 Å². The molecular formula is C28H23N3O7. The molecule has 0 aliphatic rings. The summed E-state index contributed by atoms with van der Waals surface area (Å²) >= 11 is 0. The second-order valence-corrected chi connectivity index (χ2v) is 7.98. The molecular weight excluding hydrogens is 490 g/mol. The van der Waals surface area contributed by atoms with Gasteiger partial charge in [-0.05, 0) is 13.8 Å². The van der Waals surface area contributed by atoms with Crippen LogP contribution in [0.25, 0.3) is 45.9 Å². The molecule has 38 heavy (non-hydrogen) atoms. The van der Waals surface area contributed by atoms with E-state index < -0.39 is 11.9 Å². The van der Waals surface area contributed by atoms with Gasteiger partial charge in [-0.1, -0.05) is 60.7 Å². The summed E-state index contributed by atoms with van der Waals surface area (Å²) in [6, 6.07) is 18.1. The zero-order valence-corrected chi connectivity index (χ0v) is 20.9. The topological polar surface area (TPSA) is 131 Å². The first-order chi connectivity index (χ1) is 18.5. The standard InChI is InChI=1S/C28H23N3O7/c1-4-34-27(32)20-22(17-12-8-6-9-13-17)37-25(30-20)19-24(36-16(3)29-19)26-31-21(28(33)35-5-2)23(38-26)18-14-10-7-11-15-18/h6-15H,4-5H2,1-3H3. The molecule has 0 spiro atoms. The van der Waals surface area contributed by atoms with Crippen molar-refractivity contribution in [3.8, 4) is 45.9 Å². The van der Waals surface area contributed by atoms with E-state index in [0.717, 1.165) is 0 Å². The SMILES string of the molecule is CCOC(=O)c1nc(-c2nc(C)oc2-c2nc(C(=O)OCC)c(-c3ccccc3)o2)oc1-c1ccccc1. The minimum absolute atomic E-state index is 0.00379. The van der Waals surface area contributed by atoms with E-state index in [1.165, 1.54) is 0 Å². The van der Waals surface area contributed by atoms with Crippen molar-refractivity contribution in [2.45, 2.75) is 20.8 Å². The van der Waals surface area contributed by atoms with Gasteiger partial charge in [-0.3, -0.25) is 0 Å². The molecule has 3 heterocycles. The summed E-state index contributed by atoms with van der Waals surface area (Å²) in [5.41, 5.74) is 1.37. The van der Waals surface area contributed by atoms with Crippen LogP contribution >= 0.6 is 0 Å². The third-order valence-corrected chi connectivity index (χ3v) is 5.39. The lowest BCUT2D eigenvalue weighted by Gasteiger charge is -2.00. The van der Waals surface area contributed by atoms with E-state index in [1.54, 1.807) is 45.0 Å². The number of esters is 2. The lowest BCUT2D eigenvalue weighted by atomic mass is 10.1. The molecule has 0 saturated carbocycles. The minimum atomic E-state index is -0.647. The van der Waals surface area contributed by atoms with Crippen molar-refractivity contribution in [2.75, 3.05) is 13.2 Å². The van der Waals surface area contributed by atoms with Crippen molar-refractivity contribution in [1.82, 2.24) is 15.0 Å². The quantitative estimate of drug-likeness (QED) is 0.228. The van der Waals surface area contributed by atoms with Gasteiger partial charge in [0.15, 0.2) is 34.5 Å². The average Bonchev–Trinajstić information content (AvgIpc) is 3.66. The number of ether oxygens (including phenoxy) is 2. The average molecular weight is 514 g/mol. The Bertz CT molecular complexity index is 1470. The Balaban J connectivity index is 1.65. The molecule has 5 aromatic rings. The van der Waals surface area contributed by atoms with E-state index in [4.69, 9.17) is 22.7 Å². The maximum absolute atomic E-state index is 12.7.